The molecule has 0 fully saturated rings. The van der Waals surface area contributed by atoms with Crippen molar-refractivity contribution in [3.05, 3.63) is 40.8 Å². The van der Waals surface area contributed by atoms with Crippen LogP contribution in [-0.4, -0.2) is 21.3 Å². The molecule has 108 valence electrons. The number of benzene rings is 2. The molecule has 0 bridgehead atoms. The molecule has 0 aliphatic carbocycles. The molecule has 0 N–H and O–H groups in total. The van der Waals surface area contributed by atoms with Crippen LogP contribution in [0.3, 0.4) is 0 Å². The first-order valence-electron chi connectivity index (χ1n) is 6.35. The van der Waals surface area contributed by atoms with Crippen molar-refractivity contribution in [2.75, 3.05) is 21.3 Å². The average molecular weight is 286 g/mol. The number of methoxy groups -OCH3 is 3. The van der Waals surface area contributed by atoms with E-state index < -0.39 is 5.63 Å². The van der Waals surface area contributed by atoms with E-state index in [1.54, 1.807) is 25.3 Å². The highest BCUT2D eigenvalue weighted by atomic mass is 16.5. The Morgan fingerprint density at radius 1 is 0.857 bits per heavy atom. The molecule has 3 aromatic rings. The normalized spacial score (nSPS) is 10.8. The maximum atomic E-state index is 12.2. The van der Waals surface area contributed by atoms with Gasteiger partial charge in [-0.15, -0.1) is 0 Å². The summed E-state index contributed by atoms with van der Waals surface area (Å²) in [4.78, 5) is 12.2. The Morgan fingerprint density at radius 2 is 1.62 bits per heavy atom. The molecule has 0 saturated carbocycles. The SMILES string of the molecule is COc1ccc2c(=O)oc3c(OC)cccc3c2c1OC. The molecule has 0 aliphatic rings. The zero-order valence-corrected chi connectivity index (χ0v) is 11.9. The number of rotatable bonds is 3. The van der Waals surface area contributed by atoms with E-state index in [1.165, 1.54) is 14.2 Å². The standard InChI is InChI=1S/C16H14O5/c1-18-11-6-4-5-9-13-10(16(17)21-14(9)11)7-8-12(19-2)15(13)20-3/h4-8H,1-3H3. The van der Waals surface area contributed by atoms with Gasteiger partial charge in [0.25, 0.3) is 0 Å². The van der Waals surface area contributed by atoms with Crippen LogP contribution in [0.5, 0.6) is 17.2 Å². The van der Waals surface area contributed by atoms with Gasteiger partial charge in [0.05, 0.1) is 26.7 Å². The quantitative estimate of drug-likeness (QED) is 0.547. The van der Waals surface area contributed by atoms with Gasteiger partial charge in [0.15, 0.2) is 22.8 Å². The lowest BCUT2D eigenvalue weighted by Gasteiger charge is -2.12. The molecule has 0 unspecified atom stereocenters. The average Bonchev–Trinajstić information content (AvgIpc) is 2.53. The van der Waals surface area contributed by atoms with E-state index >= 15 is 0 Å². The zero-order valence-electron chi connectivity index (χ0n) is 11.9. The number of ether oxygens (including phenoxy) is 3. The molecule has 0 spiro atoms. The van der Waals surface area contributed by atoms with Crippen molar-refractivity contribution in [2.45, 2.75) is 0 Å². The smallest absolute Gasteiger partial charge is 0.344 e. The third-order valence-corrected chi connectivity index (χ3v) is 3.43. The summed E-state index contributed by atoms with van der Waals surface area (Å²) < 4.78 is 21.4. The Labute approximate surface area is 120 Å². The molecule has 1 heterocycles. The molecule has 0 saturated heterocycles. The number of hydrogen-bond donors (Lipinski definition) is 0. The molecule has 0 aliphatic heterocycles. The molecular formula is C16H14O5. The lowest BCUT2D eigenvalue weighted by atomic mass is 10.1. The van der Waals surface area contributed by atoms with Crippen molar-refractivity contribution in [1.29, 1.82) is 0 Å². The monoisotopic (exact) mass is 286 g/mol. The van der Waals surface area contributed by atoms with E-state index in [4.69, 9.17) is 18.6 Å². The summed E-state index contributed by atoms with van der Waals surface area (Å²) >= 11 is 0. The van der Waals surface area contributed by atoms with Crippen LogP contribution >= 0.6 is 0 Å². The van der Waals surface area contributed by atoms with Gasteiger partial charge in [0.1, 0.15) is 0 Å². The number of fused-ring (bicyclic) bond motifs is 3. The maximum Gasteiger partial charge on any atom is 0.344 e. The van der Waals surface area contributed by atoms with E-state index in [9.17, 15) is 4.79 Å². The van der Waals surface area contributed by atoms with Gasteiger partial charge in [-0.25, -0.2) is 4.79 Å². The van der Waals surface area contributed by atoms with E-state index in [2.05, 4.69) is 0 Å². The van der Waals surface area contributed by atoms with Crippen molar-refractivity contribution >= 4 is 21.7 Å². The van der Waals surface area contributed by atoms with Crippen LogP contribution in [0.1, 0.15) is 0 Å². The van der Waals surface area contributed by atoms with E-state index in [-0.39, 0.29) is 0 Å². The Morgan fingerprint density at radius 3 is 2.29 bits per heavy atom. The fourth-order valence-corrected chi connectivity index (χ4v) is 2.49. The molecule has 0 amide bonds. The second-order valence-corrected chi connectivity index (χ2v) is 4.45. The lowest BCUT2D eigenvalue weighted by Crippen LogP contribution is -2.03. The van der Waals surface area contributed by atoms with Gasteiger partial charge in [0.2, 0.25) is 0 Å². The van der Waals surface area contributed by atoms with Crippen LogP contribution < -0.4 is 19.8 Å². The molecule has 21 heavy (non-hydrogen) atoms. The highest BCUT2D eigenvalue weighted by Gasteiger charge is 2.17. The molecule has 5 nitrogen and oxygen atoms in total. The summed E-state index contributed by atoms with van der Waals surface area (Å²) in [5.41, 5.74) is -0.0491. The second-order valence-electron chi connectivity index (χ2n) is 4.45. The van der Waals surface area contributed by atoms with Gasteiger partial charge in [0, 0.05) is 10.8 Å². The summed E-state index contributed by atoms with van der Waals surface area (Å²) in [7, 11) is 4.62. The molecule has 5 heteroatoms. The van der Waals surface area contributed by atoms with Gasteiger partial charge in [-0.1, -0.05) is 12.1 Å². The predicted octanol–water partition coefficient (Wildman–Crippen LogP) is 2.97. The van der Waals surface area contributed by atoms with Gasteiger partial charge in [-0.2, -0.15) is 0 Å². The summed E-state index contributed by atoms with van der Waals surface area (Å²) in [5, 5.41) is 1.83. The molecule has 3 rings (SSSR count). The molecular weight excluding hydrogens is 272 g/mol. The largest absolute Gasteiger partial charge is 0.493 e. The van der Waals surface area contributed by atoms with Crippen LogP contribution in [0, 0.1) is 0 Å². The van der Waals surface area contributed by atoms with E-state index in [1.807, 2.05) is 12.1 Å². The molecule has 1 aromatic heterocycles. The highest BCUT2D eigenvalue weighted by molar-refractivity contribution is 6.10. The van der Waals surface area contributed by atoms with Crippen LogP contribution in [-0.2, 0) is 0 Å². The van der Waals surface area contributed by atoms with Crippen molar-refractivity contribution in [1.82, 2.24) is 0 Å². The van der Waals surface area contributed by atoms with Gasteiger partial charge < -0.3 is 18.6 Å². The highest BCUT2D eigenvalue weighted by Crippen LogP contribution is 2.39. The molecule has 0 atom stereocenters. The van der Waals surface area contributed by atoms with Crippen LogP contribution in [0.25, 0.3) is 21.7 Å². The third-order valence-electron chi connectivity index (χ3n) is 3.43. The van der Waals surface area contributed by atoms with Crippen molar-refractivity contribution < 1.29 is 18.6 Å². The van der Waals surface area contributed by atoms with Gasteiger partial charge in [-0.3, -0.25) is 0 Å². The van der Waals surface area contributed by atoms with E-state index in [0.29, 0.717) is 33.6 Å². The first-order chi connectivity index (χ1) is 10.2. The fraction of sp³-hybridized carbons (Fsp3) is 0.188. The predicted molar refractivity (Wildman–Crippen MR) is 79.6 cm³/mol. The first kappa shape index (κ1) is 13.3. The van der Waals surface area contributed by atoms with Crippen molar-refractivity contribution in [2.24, 2.45) is 0 Å². The molecule has 2 aromatic carbocycles. The Kier molecular flexibility index (Phi) is 3.17. The van der Waals surface area contributed by atoms with E-state index in [0.717, 1.165) is 5.39 Å². The Hall–Kier alpha value is -2.69. The summed E-state index contributed by atoms with van der Waals surface area (Å²) in [6.45, 7) is 0. The maximum absolute atomic E-state index is 12.2. The minimum atomic E-state index is -0.442. The minimum absolute atomic E-state index is 0.393. The van der Waals surface area contributed by atoms with Crippen molar-refractivity contribution in [3.8, 4) is 17.2 Å². The van der Waals surface area contributed by atoms with Gasteiger partial charge in [-0.05, 0) is 18.2 Å². The van der Waals surface area contributed by atoms with Crippen LogP contribution in [0.2, 0.25) is 0 Å². The topological polar surface area (TPSA) is 57.9 Å². The van der Waals surface area contributed by atoms with Crippen LogP contribution in [0.4, 0.5) is 0 Å². The summed E-state index contributed by atoms with van der Waals surface area (Å²) in [6, 6.07) is 8.78. The fourth-order valence-electron chi connectivity index (χ4n) is 2.49. The van der Waals surface area contributed by atoms with Crippen LogP contribution in [0.15, 0.2) is 39.5 Å². The summed E-state index contributed by atoms with van der Waals surface area (Å²) in [6.07, 6.45) is 0. The summed E-state index contributed by atoms with van der Waals surface area (Å²) in [5.74, 6) is 1.55. The van der Waals surface area contributed by atoms with Gasteiger partial charge >= 0.3 is 5.63 Å². The molecule has 0 radical (unpaired) electrons. The third kappa shape index (κ3) is 1.89. The first-order valence-corrected chi connectivity index (χ1v) is 6.35. The van der Waals surface area contributed by atoms with Crippen molar-refractivity contribution in [3.63, 3.8) is 0 Å². The lowest BCUT2D eigenvalue weighted by molar-refractivity contribution is 0.358. The Bertz CT molecular complexity index is 879. The minimum Gasteiger partial charge on any atom is -0.493 e. The number of para-hydroxylation sites is 1. The zero-order chi connectivity index (χ0) is 15.0. The Balaban J connectivity index is 2.61. The number of hydrogen-bond acceptors (Lipinski definition) is 5. The second kappa shape index (κ2) is 5.01.